The van der Waals surface area contributed by atoms with Crippen molar-refractivity contribution in [1.82, 2.24) is 5.09 Å². The summed E-state index contributed by atoms with van der Waals surface area (Å²) in [4.78, 5) is 11.9. The molecule has 8 heteroatoms. The van der Waals surface area contributed by atoms with E-state index in [0.29, 0.717) is 0 Å². The zero-order chi connectivity index (χ0) is 17.5. The first kappa shape index (κ1) is 18.5. The highest BCUT2D eigenvalue weighted by atomic mass is 35.5. The Morgan fingerprint density at radius 1 is 1.29 bits per heavy atom. The third-order valence-corrected chi connectivity index (χ3v) is 4.38. The van der Waals surface area contributed by atoms with Gasteiger partial charge in [-0.1, -0.05) is 41.9 Å². The predicted molar refractivity (Wildman–Crippen MR) is 89.9 cm³/mol. The van der Waals surface area contributed by atoms with Gasteiger partial charge in [-0.3, -0.25) is 9.36 Å². The molecule has 1 N–H and O–H groups in total. The van der Waals surface area contributed by atoms with Gasteiger partial charge in [-0.05, 0) is 30.7 Å². The molecule has 2 aromatic carbocycles. The van der Waals surface area contributed by atoms with Crippen molar-refractivity contribution in [3.8, 4) is 5.75 Å². The molecule has 0 amide bonds. The van der Waals surface area contributed by atoms with Gasteiger partial charge in [-0.2, -0.15) is 0 Å². The number of carbonyl (C=O) groups is 1. The summed E-state index contributed by atoms with van der Waals surface area (Å²) in [5, 5.41) is 2.50. The molecule has 0 heterocycles. The molecule has 0 bridgehead atoms. The van der Waals surface area contributed by atoms with Crippen LogP contribution in [-0.4, -0.2) is 12.0 Å². The zero-order valence-corrected chi connectivity index (χ0v) is 14.5. The maximum Gasteiger partial charge on any atom is 0.323 e. The lowest BCUT2D eigenvalue weighted by Crippen LogP contribution is -2.31. The van der Waals surface area contributed by atoms with Crippen molar-refractivity contribution in [2.24, 2.45) is 0 Å². The number of carbonyl (C=O) groups excluding carboxylic acids is 1. The summed E-state index contributed by atoms with van der Waals surface area (Å²) in [7, 11) is -2.81. The predicted octanol–water partition coefficient (Wildman–Crippen LogP) is 3.97. The minimum absolute atomic E-state index is 0.00513. The molecular formula is C16H16ClFNO4P. The number of benzene rings is 2. The molecule has 0 saturated heterocycles. The average molecular weight is 372 g/mol. The first-order valence-corrected chi connectivity index (χ1v) is 8.79. The van der Waals surface area contributed by atoms with Crippen LogP contribution in [0.25, 0.3) is 0 Å². The van der Waals surface area contributed by atoms with Gasteiger partial charge in [0.2, 0.25) is 0 Å². The Morgan fingerprint density at radius 3 is 2.67 bits per heavy atom. The molecule has 0 fully saturated rings. The quantitative estimate of drug-likeness (QED) is 0.589. The highest BCUT2D eigenvalue weighted by molar-refractivity contribution is 7.37. The molecule has 2 aromatic rings. The van der Waals surface area contributed by atoms with Gasteiger partial charge in [-0.25, -0.2) is 9.48 Å². The SMILES string of the molecule is C[C@H](N[PH](=O)Oc1ccc(F)cc1Cl)C(=O)OCc1ccccc1. The van der Waals surface area contributed by atoms with Crippen LogP contribution < -0.4 is 9.61 Å². The van der Waals surface area contributed by atoms with Crippen LogP contribution in [0.15, 0.2) is 48.5 Å². The van der Waals surface area contributed by atoms with Crippen LogP contribution >= 0.6 is 19.8 Å². The van der Waals surface area contributed by atoms with Crippen molar-refractivity contribution >= 4 is 25.7 Å². The van der Waals surface area contributed by atoms with Gasteiger partial charge < -0.3 is 9.26 Å². The maximum atomic E-state index is 12.9. The van der Waals surface area contributed by atoms with E-state index in [4.69, 9.17) is 20.9 Å². The molecule has 2 atom stereocenters. The molecule has 128 valence electrons. The summed E-state index contributed by atoms with van der Waals surface area (Å²) in [6.45, 7) is 1.63. The van der Waals surface area contributed by atoms with Crippen LogP contribution in [0.3, 0.4) is 0 Å². The molecule has 2 rings (SSSR count). The summed E-state index contributed by atoms with van der Waals surface area (Å²) in [6.07, 6.45) is 0. The van der Waals surface area contributed by atoms with Gasteiger partial charge in [0.05, 0.1) is 5.02 Å². The lowest BCUT2D eigenvalue weighted by Gasteiger charge is -2.14. The van der Waals surface area contributed by atoms with E-state index in [0.717, 1.165) is 17.7 Å². The highest BCUT2D eigenvalue weighted by Gasteiger charge is 2.18. The number of hydrogen-bond acceptors (Lipinski definition) is 4. The third-order valence-electron chi connectivity index (χ3n) is 3.01. The second-order valence-electron chi connectivity index (χ2n) is 4.92. The number of nitrogens with one attached hydrogen (secondary N) is 1. The van der Waals surface area contributed by atoms with E-state index in [-0.39, 0.29) is 17.4 Å². The number of halogens is 2. The second kappa shape index (κ2) is 8.83. The Labute approximate surface area is 144 Å². The minimum Gasteiger partial charge on any atom is -0.460 e. The first-order valence-electron chi connectivity index (χ1n) is 7.09. The largest absolute Gasteiger partial charge is 0.460 e. The Morgan fingerprint density at radius 2 is 2.00 bits per heavy atom. The second-order valence-corrected chi connectivity index (χ2v) is 6.40. The molecule has 0 radical (unpaired) electrons. The Kier molecular flexibility index (Phi) is 6.79. The van der Waals surface area contributed by atoms with Crippen LogP contribution in [0.1, 0.15) is 12.5 Å². The van der Waals surface area contributed by atoms with Crippen LogP contribution in [0, 0.1) is 5.82 Å². The van der Waals surface area contributed by atoms with Crippen molar-refractivity contribution in [2.45, 2.75) is 19.6 Å². The van der Waals surface area contributed by atoms with Gasteiger partial charge >= 0.3 is 14.1 Å². The topological polar surface area (TPSA) is 64.6 Å². The molecule has 0 saturated carbocycles. The van der Waals surface area contributed by atoms with E-state index >= 15 is 0 Å². The Balaban J connectivity index is 1.83. The van der Waals surface area contributed by atoms with E-state index in [2.05, 4.69) is 5.09 Å². The smallest absolute Gasteiger partial charge is 0.323 e. The van der Waals surface area contributed by atoms with E-state index in [9.17, 15) is 13.8 Å². The summed E-state index contributed by atoms with van der Waals surface area (Å²) < 4.78 is 35.1. The summed E-state index contributed by atoms with van der Waals surface area (Å²) in [6, 6.07) is 11.8. The zero-order valence-electron chi connectivity index (χ0n) is 12.8. The summed E-state index contributed by atoms with van der Waals surface area (Å²) >= 11 is 5.78. The minimum atomic E-state index is -2.81. The van der Waals surface area contributed by atoms with Gasteiger partial charge in [0.15, 0.2) is 0 Å². The number of ether oxygens (including phenoxy) is 1. The molecule has 24 heavy (non-hydrogen) atoms. The van der Waals surface area contributed by atoms with E-state index < -0.39 is 26.0 Å². The van der Waals surface area contributed by atoms with Crippen LogP contribution in [-0.2, 0) is 20.7 Å². The molecule has 0 aromatic heterocycles. The van der Waals surface area contributed by atoms with E-state index in [1.54, 1.807) is 0 Å². The molecule has 5 nitrogen and oxygen atoms in total. The third kappa shape index (κ3) is 5.64. The van der Waals surface area contributed by atoms with Crippen molar-refractivity contribution in [3.05, 3.63) is 64.9 Å². The normalized spacial score (nSPS) is 13.1. The Bertz CT molecular complexity index is 729. The fourth-order valence-electron chi connectivity index (χ4n) is 1.78. The monoisotopic (exact) mass is 371 g/mol. The average Bonchev–Trinajstić information content (AvgIpc) is 2.56. The van der Waals surface area contributed by atoms with Gasteiger partial charge in [0.1, 0.15) is 24.2 Å². The van der Waals surface area contributed by atoms with Gasteiger partial charge in [0.25, 0.3) is 0 Å². The summed E-state index contributed by atoms with van der Waals surface area (Å²) in [5.74, 6) is -1.02. The molecule has 0 spiro atoms. The van der Waals surface area contributed by atoms with Crippen molar-refractivity contribution in [3.63, 3.8) is 0 Å². The lowest BCUT2D eigenvalue weighted by molar-refractivity contribution is -0.146. The van der Waals surface area contributed by atoms with Crippen molar-refractivity contribution < 1.29 is 23.0 Å². The number of rotatable bonds is 7. The summed E-state index contributed by atoms with van der Waals surface area (Å²) in [5.41, 5.74) is 0.847. The highest BCUT2D eigenvalue weighted by Crippen LogP contribution is 2.31. The van der Waals surface area contributed by atoms with Crippen molar-refractivity contribution in [1.29, 1.82) is 0 Å². The van der Waals surface area contributed by atoms with Crippen molar-refractivity contribution in [2.75, 3.05) is 0 Å². The molecule has 0 aliphatic rings. The molecule has 0 aliphatic carbocycles. The lowest BCUT2D eigenvalue weighted by atomic mass is 10.2. The fourth-order valence-corrected chi connectivity index (χ4v) is 2.96. The van der Waals surface area contributed by atoms with E-state index in [1.807, 2.05) is 30.3 Å². The Hall–Kier alpha value is -1.88. The van der Waals surface area contributed by atoms with E-state index in [1.165, 1.54) is 13.0 Å². The number of hydrogen-bond donors (Lipinski definition) is 1. The first-order chi connectivity index (χ1) is 11.5. The fraction of sp³-hybridized carbons (Fsp3) is 0.188. The van der Waals surface area contributed by atoms with Crippen LogP contribution in [0.4, 0.5) is 4.39 Å². The molecule has 1 unspecified atom stereocenters. The standard InChI is InChI=1S/C16H16ClFNO4P/c1-11(16(20)22-10-12-5-3-2-4-6-12)19-24(21)23-15-8-7-13(18)9-14(15)17/h2-9,11,24H,10H2,1H3,(H,19,21)/t11-/m0/s1. The molecule has 0 aliphatic heterocycles. The molecular weight excluding hydrogens is 356 g/mol. The van der Waals surface area contributed by atoms with Crippen LogP contribution in [0.5, 0.6) is 5.75 Å². The van der Waals surface area contributed by atoms with Gasteiger partial charge in [0, 0.05) is 0 Å². The van der Waals surface area contributed by atoms with Gasteiger partial charge in [-0.15, -0.1) is 0 Å². The number of esters is 1. The van der Waals surface area contributed by atoms with Crippen LogP contribution in [0.2, 0.25) is 5.02 Å². The maximum absolute atomic E-state index is 12.9.